The number of allylic oxidation sites excluding steroid dienone is 2. The summed E-state index contributed by atoms with van der Waals surface area (Å²) in [6.07, 6.45) is -1.37. The maximum atomic E-state index is 12.8. The van der Waals surface area contributed by atoms with Crippen LogP contribution in [0, 0.1) is 5.82 Å². The van der Waals surface area contributed by atoms with Gasteiger partial charge in [-0.3, -0.25) is 0 Å². The molecule has 0 radical (unpaired) electrons. The molecule has 0 saturated carbocycles. The van der Waals surface area contributed by atoms with E-state index in [1.54, 1.807) is 0 Å². The van der Waals surface area contributed by atoms with Gasteiger partial charge >= 0.3 is 6.18 Å². The van der Waals surface area contributed by atoms with E-state index < -0.39 is 23.1 Å². The van der Waals surface area contributed by atoms with Crippen molar-refractivity contribution < 1.29 is 17.6 Å². The van der Waals surface area contributed by atoms with Crippen molar-refractivity contribution in [2.75, 3.05) is 4.90 Å². The molecule has 6 heteroatoms. The molecule has 1 aromatic rings. The lowest BCUT2D eigenvalue weighted by atomic mass is 10.1. The van der Waals surface area contributed by atoms with Crippen LogP contribution in [0.3, 0.4) is 0 Å². The van der Waals surface area contributed by atoms with Crippen LogP contribution in [0.4, 0.5) is 23.2 Å². The van der Waals surface area contributed by atoms with Crippen molar-refractivity contribution in [1.29, 1.82) is 0 Å². The standard InChI is InChI=1S/C12H8ClF4N/c13-11-6-1-8(12(15,16)17)7-18(11)10-4-2-9(14)3-5-10/h1-7,11H. The predicted molar refractivity (Wildman–Crippen MR) is 61.8 cm³/mol. The first kappa shape index (κ1) is 13.0. The van der Waals surface area contributed by atoms with Crippen LogP contribution in [0.1, 0.15) is 0 Å². The number of nitrogens with zero attached hydrogens (tertiary/aromatic N) is 1. The molecule has 0 amide bonds. The number of hydrogen-bond acceptors (Lipinski definition) is 1. The van der Waals surface area contributed by atoms with Gasteiger partial charge in [-0.05, 0) is 36.4 Å². The summed E-state index contributed by atoms with van der Waals surface area (Å²) in [6, 6.07) is 5.07. The molecule has 1 heterocycles. The van der Waals surface area contributed by atoms with Gasteiger partial charge in [0.2, 0.25) is 0 Å². The number of benzene rings is 1. The van der Waals surface area contributed by atoms with Crippen LogP contribution in [0.5, 0.6) is 0 Å². The van der Waals surface area contributed by atoms with Gasteiger partial charge < -0.3 is 4.90 Å². The first-order chi connectivity index (χ1) is 8.38. The fourth-order valence-electron chi connectivity index (χ4n) is 1.54. The molecule has 0 fully saturated rings. The third-order valence-electron chi connectivity index (χ3n) is 2.43. The van der Waals surface area contributed by atoms with Crippen LogP contribution in [-0.2, 0) is 0 Å². The smallest absolute Gasteiger partial charge is 0.327 e. The Balaban J connectivity index is 2.35. The van der Waals surface area contributed by atoms with Crippen molar-refractivity contribution in [1.82, 2.24) is 0 Å². The van der Waals surface area contributed by atoms with Crippen molar-refractivity contribution >= 4 is 17.3 Å². The summed E-state index contributed by atoms with van der Waals surface area (Å²) in [5.74, 6) is -0.461. The second-order valence-corrected chi connectivity index (χ2v) is 4.14. The molecule has 0 N–H and O–H groups in total. The molecule has 1 aliphatic rings. The Bertz CT molecular complexity index is 490. The summed E-state index contributed by atoms with van der Waals surface area (Å²) in [5.41, 5.74) is -1.15. The summed E-state index contributed by atoms with van der Waals surface area (Å²) in [5, 5.41) is 0. The molecule has 0 aliphatic carbocycles. The van der Waals surface area contributed by atoms with E-state index in [4.69, 9.17) is 11.6 Å². The normalized spacial score (nSPS) is 19.9. The Morgan fingerprint density at radius 3 is 2.28 bits per heavy atom. The molecule has 2 rings (SSSR count). The number of anilines is 1. The minimum atomic E-state index is -4.44. The van der Waals surface area contributed by atoms with E-state index in [0.717, 1.165) is 12.3 Å². The Morgan fingerprint density at radius 1 is 1.11 bits per heavy atom. The summed E-state index contributed by atoms with van der Waals surface area (Å²) in [7, 11) is 0. The fourth-order valence-corrected chi connectivity index (χ4v) is 1.78. The summed E-state index contributed by atoms with van der Waals surface area (Å²) >= 11 is 5.91. The van der Waals surface area contributed by atoms with Gasteiger partial charge in [-0.1, -0.05) is 11.6 Å². The Morgan fingerprint density at radius 2 is 1.72 bits per heavy atom. The Kier molecular flexibility index (Phi) is 3.34. The Labute approximate surface area is 106 Å². The minimum absolute atomic E-state index is 0.391. The molecule has 18 heavy (non-hydrogen) atoms. The van der Waals surface area contributed by atoms with Crippen LogP contribution in [0.15, 0.2) is 48.2 Å². The van der Waals surface area contributed by atoms with E-state index in [2.05, 4.69) is 0 Å². The molecule has 1 aromatic carbocycles. The topological polar surface area (TPSA) is 3.24 Å². The highest BCUT2D eigenvalue weighted by Crippen LogP contribution is 2.33. The molecule has 0 aromatic heterocycles. The third kappa shape index (κ3) is 2.67. The molecule has 0 spiro atoms. The van der Waals surface area contributed by atoms with E-state index in [1.807, 2.05) is 0 Å². The average molecular weight is 278 g/mol. The van der Waals surface area contributed by atoms with E-state index in [0.29, 0.717) is 5.69 Å². The van der Waals surface area contributed by atoms with Crippen LogP contribution < -0.4 is 4.90 Å². The van der Waals surface area contributed by atoms with Crippen LogP contribution in [0.25, 0.3) is 0 Å². The van der Waals surface area contributed by atoms with Crippen molar-refractivity contribution in [3.63, 3.8) is 0 Å². The zero-order chi connectivity index (χ0) is 13.3. The Hall–Kier alpha value is -1.49. The van der Waals surface area contributed by atoms with Crippen molar-refractivity contribution in [2.45, 2.75) is 11.7 Å². The highest BCUT2D eigenvalue weighted by atomic mass is 35.5. The van der Waals surface area contributed by atoms with Gasteiger partial charge in [0.15, 0.2) is 0 Å². The maximum Gasteiger partial charge on any atom is 0.417 e. The summed E-state index contributed by atoms with van der Waals surface area (Å²) in [6.45, 7) is 0. The number of alkyl halides is 4. The van der Waals surface area contributed by atoms with Gasteiger partial charge in [0.05, 0.1) is 5.57 Å². The van der Waals surface area contributed by atoms with Crippen LogP contribution in [0.2, 0.25) is 0 Å². The minimum Gasteiger partial charge on any atom is -0.327 e. The molecular weight excluding hydrogens is 270 g/mol. The molecule has 0 bridgehead atoms. The SMILES string of the molecule is Fc1ccc(N2C=C(C(F)(F)F)C=CC2Cl)cc1. The van der Waals surface area contributed by atoms with Gasteiger partial charge in [0.25, 0.3) is 0 Å². The van der Waals surface area contributed by atoms with E-state index in [1.165, 1.54) is 35.2 Å². The summed E-state index contributed by atoms with van der Waals surface area (Å²) in [4.78, 5) is 1.23. The number of rotatable bonds is 1. The van der Waals surface area contributed by atoms with E-state index in [-0.39, 0.29) is 0 Å². The molecule has 96 valence electrons. The maximum absolute atomic E-state index is 12.8. The molecular formula is C12H8ClF4N. The van der Waals surface area contributed by atoms with Crippen molar-refractivity contribution in [3.05, 3.63) is 54.0 Å². The third-order valence-corrected chi connectivity index (χ3v) is 2.79. The van der Waals surface area contributed by atoms with Crippen LogP contribution in [-0.4, -0.2) is 11.7 Å². The van der Waals surface area contributed by atoms with Gasteiger partial charge in [0.1, 0.15) is 11.3 Å². The first-order valence-corrected chi connectivity index (χ1v) is 5.47. The monoisotopic (exact) mass is 277 g/mol. The number of halogens is 5. The second-order valence-electron chi connectivity index (χ2n) is 3.70. The molecule has 1 nitrogen and oxygen atoms in total. The largest absolute Gasteiger partial charge is 0.417 e. The van der Waals surface area contributed by atoms with Crippen molar-refractivity contribution in [2.24, 2.45) is 0 Å². The average Bonchev–Trinajstić information content (AvgIpc) is 2.29. The van der Waals surface area contributed by atoms with Crippen LogP contribution >= 0.6 is 11.6 Å². The zero-order valence-corrected chi connectivity index (χ0v) is 9.71. The summed E-state index contributed by atoms with van der Waals surface area (Å²) < 4.78 is 50.5. The van der Waals surface area contributed by atoms with Gasteiger partial charge in [-0.25, -0.2) is 4.39 Å². The molecule has 1 aliphatic heterocycles. The van der Waals surface area contributed by atoms with Crippen molar-refractivity contribution in [3.8, 4) is 0 Å². The first-order valence-electron chi connectivity index (χ1n) is 5.03. The lowest BCUT2D eigenvalue weighted by Crippen LogP contribution is -2.29. The highest BCUT2D eigenvalue weighted by molar-refractivity contribution is 6.23. The molecule has 0 saturated heterocycles. The molecule has 1 atom stereocenters. The predicted octanol–water partition coefficient (Wildman–Crippen LogP) is 4.21. The lowest BCUT2D eigenvalue weighted by Gasteiger charge is -2.28. The van der Waals surface area contributed by atoms with Gasteiger partial charge in [-0.15, -0.1) is 0 Å². The fraction of sp³-hybridized carbons (Fsp3) is 0.167. The quantitative estimate of drug-likeness (QED) is 0.422. The van der Waals surface area contributed by atoms with E-state index >= 15 is 0 Å². The highest BCUT2D eigenvalue weighted by Gasteiger charge is 2.34. The lowest BCUT2D eigenvalue weighted by molar-refractivity contribution is -0.0885. The van der Waals surface area contributed by atoms with Gasteiger partial charge in [0, 0.05) is 11.9 Å². The number of hydrogen-bond donors (Lipinski definition) is 0. The second kappa shape index (κ2) is 4.65. The van der Waals surface area contributed by atoms with E-state index in [9.17, 15) is 17.6 Å². The molecule has 1 unspecified atom stereocenters. The van der Waals surface area contributed by atoms with Gasteiger partial charge in [-0.2, -0.15) is 13.2 Å². The zero-order valence-electron chi connectivity index (χ0n) is 8.96.